The van der Waals surface area contributed by atoms with Crippen LogP contribution in [-0.4, -0.2) is 56.7 Å². The maximum Gasteiger partial charge on any atom is 0.251 e. The number of amides is 2. The van der Waals surface area contributed by atoms with Gasteiger partial charge in [-0.2, -0.15) is 0 Å². The van der Waals surface area contributed by atoms with Gasteiger partial charge >= 0.3 is 0 Å². The first-order valence-corrected chi connectivity index (χ1v) is 19.0. The monoisotopic (exact) mass is 656 g/mol. The number of carbonyl (C=O) groups is 2. The number of piperidine rings is 2. The molecular weight excluding hydrogens is 609 g/mol. The van der Waals surface area contributed by atoms with Crippen LogP contribution in [0.25, 0.3) is 0 Å². The van der Waals surface area contributed by atoms with Gasteiger partial charge in [0.1, 0.15) is 13.1 Å². The van der Waals surface area contributed by atoms with Crippen molar-refractivity contribution in [3.8, 4) is 0 Å². The molecule has 2 amide bonds. The first-order valence-electron chi connectivity index (χ1n) is 16.9. The van der Waals surface area contributed by atoms with E-state index in [1.54, 1.807) is 21.6 Å². The maximum absolute atomic E-state index is 13.5. The van der Waals surface area contributed by atoms with Crippen molar-refractivity contribution in [2.24, 2.45) is 11.5 Å². The fraction of sp³-hybridized carbons (Fsp3) is 0.421. The summed E-state index contributed by atoms with van der Waals surface area (Å²) in [7, 11) is 3.61. The standard InChI is InChI=1S/C38H46N4O2S2/c39-35(43)33-21-9-11-23-37(33,41(25-13-3-14-26-41)29-31-17-5-1-6-18-31)45-46-38(24-12-10-22-34(38)36(40)44)42(27-15-4-16-28-42)30-32-19-7-2-8-20-32/h1-2,5-12,17-22H,3-4,13-16,23-30H2,(H2-2,39,40,43,44)/p+2. The number of nitrogens with zero attached hydrogens (tertiary/aromatic N) is 2. The number of benzene rings is 2. The molecule has 2 fully saturated rings. The summed E-state index contributed by atoms with van der Waals surface area (Å²) in [6.45, 7) is 5.52. The van der Waals surface area contributed by atoms with Crippen molar-refractivity contribution < 1.29 is 18.6 Å². The molecule has 2 aliphatic heterocycles. The summed E-state index contributed by atoms with van der Waals surface area (Å²) in [5, 5.41) is 0. The number of primary amides is 2. The zero-order chi connectivity index (χ0) is 32.1. The maximum atomic E-state index is 13.5. The van der Waals surface area contributed by atoms with E-state index >= 15 is 0 Å². The van der Waals surface area contributed by atoms with E-state index in [0.29, 0.717) is 24.0 Å². The van der Waals surface area contributed by atoms with Crippen LogP contribution in [0.2, 0.25) is 0 Å². The number of carbonyl (C=O) groups excluding carboxylic acids is 2. The highest BCUT2D eigenvalue weighted by Gasteiger charge is 2.62. The minimum atomic E-state index is -0.620. The molecule has 2 unspecified atom stereocenters. The van der Waals surface area contributed by atoms with Crippen LogP contribution in [0.5, 0.6) is 0 Å². The SMILES string of the molecule is NC(=O)C1=CC=CCC1(SSC1([N+]2(Cc3ccccc3)CCCCC2)CC=CC=C1C(N)=O)[N+]1(Cc2ccccc2)CCCCC1. The molecule has 2 aliphatic carbocycles. The lowest BCUT2D eigenvalue weighted by molar-refractivity contribution is -0.972. The molecule has 2 atom stereocenters. The average molecular weight is 657 g/mol. The van der Waals surface area contributed by atoms with Crippen LogP contribution < -0.4 is 11.5 Å². The summed E-state index contributed by atoms with van der Waals surface area (Å²) in [6, 6.07) is 21.4. The molecule has 4 N–H and O–H groups in total. The fourth-order valence-corrected chi connectivity index (χ4v) is 13.2. The van der Waals surface area contributed by atoms with Crippen LogP contribution in [0.4, 0.5) is 0 Å². The molecule has 2 aromatic rings. The van der Waals surface area contributed by atoms with Crippen molar-refractivity contribution in [2.45, 2.75) is 74.2 Å². The lowest BCUT2D eigenvalue weighted by Gasteiger charge is -2.58. The summed E-state index contributed by atoms with van der Waals surface area (Å²) < 4.78 is 1.52. The molecular formula is C38H48N4O2S2+2. The van der Waals surface area contributed by atoms with Crippen LogP contribution in [0.15, 0.2) is 108 Å². The van der Waals surface area contributed by atoms with E-state index in [9.17, 15) is 9.59 Å². The quantitative estimate of drug-likeness (QED) is 0.204. The highest BCUT2D eigenvalue weighted by molar-refractivity contribution is 8.77. The second-order valence-corrected chi connectivity index (χ2v) is 16.2. The van der Waals surface area contributed by atoms with Crippen LogP contribution in [0.1, 0.15) is 62.5 Å². The largest absolute Gasteiger partial charge is 0.366 e. The summed E-state index contributed by atoms with van der Waals surface area (Å²) >= 11 is 0. The van der Waals surface area contributed by atoms with E-state index in [1.165, 1.54) is 24.0 Å². The Morgan fingerprint density at radius 3 is 1.30 bits per heavy atom. The van der Waals surface area contributed by atoms with Gasteiger partial charge < -0.3 is 20.4 Å². The van der Waals surface area contributed by atoms with Gasteiger partial charge in [0.2, 0.25) is 0 Å². The second kappa shape index (κ2) is 14.0. The highest BCUT2D eigenvalue weighted by Crippen LogP contribution is 2.61. The molecule has 0 bridgehead atoms. The third kappa shape index (κ3) is 6.05. The van der Waals surface area contributed by atoms with E-state index < -0.39 is 9.74 Å². The lowest BCUT2D eigenvalue weighted by atomic mass is 9.89. The summed E-state index contributed by atoms with van der Waals surface area (Å²) in [4.78, 5) is 25.8. The Labute approximate surface area is 282 Å². The molecule has 6 nitrogen and oxygen atoms in total. The molecule has 2 heterocycles. The molecule has 0 radical (unpaired) electrons. The Bertz CT molecular complexity index is 1410. The number of nitrogens with two attached hydrogens (primary N) is 2. The summed E-state index contributed by atoms with van der Waals surface area (Å²) in [5.41, 5.74) is 16.5. The van der Waals surface area contributed by atoms with Crippen molar-refractivity contribution in [3.05, 3.63) is 119 Å². The van der Waals surface area contributed by atoms with Crippen molar-refractivity contribution >= 4 is 33.4 Å². The zero-order valence-corrected chi connectivity index (χ0v) is 28.5. The Morgan fingerprint density at radius 2 is 0.957 bits per heavy atom. The van der Waals surface area contributed by atoms with Crippen molar-refractivity contribution in [2.75, 3.05) is 26.2 Å². The van der Waals surface area contributed by atoms with Gasteiger partial charge in [-0.3, -0.25) is 9.59 Å². The van der Waals surface area contributed by atoms with E-state index in [0.717, 1.165) is 73.9 Å². The lowest BCUT2D eigenvalue weighted by Crippen LogP contribution is -2.68. The highest BCUT2D eigenvalue weighted by atomic mass is 33.1. The third-order valence-corrected chi connectivity index (χ3v) is 14.9. The van der Waals surface area contributed by atoms with Crippen molar-refractivity contribution in [1.82, 2.24) is 0 Å². The van der Waals surface area contributed by atoms with Gasteiger partial charge in [0, 0.05) is 24.0 Å². The number of allylic oxidation sites excluding steroid dienone is 4. The second-order valence-electron chi connectivity index (χ2n) is 13.5. The number of quaternary nitrogens is 2. The first-order chi connectivity index (χ1) is 22.4. The van der Waals surface area contributed by atoms with Gasteiger partial charge in [0.25, 0.3) is 11.8 Å². The molecule has 6 rings (SSSR count). The Balaban J connectivity index is 1.50. The van der Waals surface area contributed by atoms with Gasteiger partial charge in [-0.1, -0.05) is 85.0 Å². The molecule has 0 saturated carbocycles. The van der Waals surface area contributed by atoms with Crippen LogP contribution >= 0.6 is 21.6 Å². The molecule has 4 aliphatic rings. The van der Waals surface area contributed by atoms with E-state index in [-0.39, 0.29) is 11.8 Å². The van der Waals surface area contributed by atoms with Gasteiger partial charge in [0.15, 0.2) is 9.74 Å². The zero-order valence-electron chi connectivity index (χ0n) is 26.8. The fourth-order valence-electron chi connectivity index (χ4n) is 8.56. The van der Waals surface area contributed by atoms with Crippen LogP contribution in [0.3, 0.4) is 0 Å². The van der Waals surface area contributed by atoms with Gasteiger partial charge in [0.05, 0.1) is 37.3 Å². The van der Waals surface area contributed by atoms with Crippen LogP contribution in [-0.2, 0) is 22.7 Å². The van der Waals surface area contributed by atoms with Crippen molar-refractivity contribution in [3.63, 3.8) is 0 Å². The summed E-state index contributed by atoms with van der Waals surface area (Å²) in [5.74, 6) is -0.717. The number of rotatable bonds is 11. The van der Waals surface area contributed by atoms with E-state index in [1.807, 2.05) is 24.3 Å². The molecule has 8 heteroatoms. The predicted octanol–water partition coefficient (Wildman–Crippen LogP) is 6.91. The topological polar surface area (TPSA) is 86.2 Å². The summed E-state index contributed by atoms with van der Waals surface area (Å²) in [6.07, 6.45) is 20.5. The predicted molar refractivity (Wildman–Crippen MR) is 191 cm³/mol. The average Bonchev–Trinajstić information content (AvgIpc) is 3.09. The Kier molecular flexibility index (Phi) is 9.99. The van der Waals surface area contributed by atoms with Crippen LogP contribution in [0, 0.1) is 0 Å². The van der Waals surface area contributed by atoms with Gasteiger partial charge in [-0.05, 0) is 72.3 Å². The minimum absolute atomic E-state index is 0.358. The van der Waals surface area contributed by atoms with Crippen molar-refractivity contribution in [1.29, 1.82) is 0 Å². The number of hydrogen-bond donors (Lipinski definition) is 2. The molecule has 0 aromatic heterocycles. The van der Waals surface area contributed by atoms with Gasteiger partial charge in [-0.25, -0.2) is 0 Å². The molecule has 2 saturated heterocycles. The Morgan fingerprint density at radius 1 is 0.587 bits per heavy atom. The van der Waals surface area contributed by atoms with Gasteiger partial charge in [-0.15, -0.1) is 0 Å². The molecule has 46 heavy (non-hydrogen) atoms. The smallest absolute Gasteiger partial charge is 0.251 e. The van der Waals surface area contributed by atoms with E-state index in [4.69, 9.17) is 11.5 Å². The molecule has 0 spiro atoms. The Hall–Kier alpha value is -3.04. The molecule has 2 aromatic carbocycles. The van der Waals surface area contributed by atoms with E-state index in [2.05, 4.69) is 72.8 Å². The number of likely N-dealkylation sites (tertiary alicyclic amines) is 2. The third-order valence-electron chi connectivity index (χ3n) is 10.8. The minimum Gasteiger partial charge on any atom is -0.366 e. The number of hydrogen-bond acceptors (Lipinski definition) is 4. The molecule has 242 valence electrons. The normalized spacial score (nSPS) is 27.0. The first kappa shape index (κ1) is 32.9.